The van der Waals surface area contributed by atoms with Gasteiger partial charge in [0.15, 0.2) is 0 Å². The van der Waals surface area contributed by atoms with Crippen LogP contribution in [0.2, 0.25) is 0 Å². The van der Waals surface area contributed by atoms with Crippen LogP contribution in [-0.2, 0) is 6.61 Å². The molecule has 0 spiro atoms. The second-order valence-electron chi connectivity index (χ2n) is 2.64. The van der Waals surface area contributed by atoms with Gasteiger partial charge in [-0.2, -0.15) is 0 Å². The fourth-order valence-electron chi connectivity index (χ4n) is 1.03. The van der Waals surface area contributed by atoms with Crippen molar-refractivity contribution in [2.24, 2.45) is 0 Å². The molecule has 1 rings (SSSR count). The molecule has 0 aliphatic rings. The minimum absolute atomic E-state index is 0.0942. The van der Waals surface area contributed by atoms with Gasteiger partial charge in [0.2, 0.25) is 0 Å². The molecule has 0 heterocycles. The van der Waals surface area contributed by atoms with E-state index in [-0.39, 0.29) is 12.4 Å². The molecule has 1 N–H and O–H groups in total. The lowest BCUT2D eigenvalue weighted by Crippen LogP contribution is -1.94. The lowest BCUT2D eigenvalue weighted by atomic mass is 10.1. The van der Waals surface area contributed by atoms with Crippen molar-refractivity contribution in [2.45, 2.75) is 20.5 Å². The minimum atomic E-state index is -0.212. The Morgan fingerprint density at radius 3 is 2.55 bits per heavy atom. The van der Waals surface area contributed by atoms with Crippen molar-refractivity contribution < 1.29 is 9.50 Å². The maximum absolute atomic E-state index is 13.1. The topological polar surface area (TPSA) is 20.2 Å². The summed E-state index contributed by atoms with van der Waals surface area (Å²) in [7, 11) is 0. The molecule has 2 heteroatoms. The quantitative estimate of drug-likeness (QED) is 0.655. The molecule has 11 heavy (non-hydrogen) atoms. The first kappa shape index (κ1) is 8.21. The standard InChI is InChI=1S/C9H11FO/c1-6-3-4-8(5-11)7(2)9(6)10/h3-4,11H,5H2,1-2H3. The SMILES string of the molecule is Cc1ccc(CO)c(C)c1F. The van der Waals surface area contributed by atoms with Crippen LogP contribution in [0, 0.1) is 19.7 Å². The molecule has 0 aliphatic heterocycles. The van der Waals surface area contributed by atoms with E-state index >= 15 is 0 Å². The van der Waals surface area contributed by atoms with E-state index in [1.165, 1.54) is 0 Å². The van der Waals surface area contributed by atoms with Crippen molar-refractivity contribution >= 4 is 0 Å². The molecule has 1 nitrogen and oxygen atoms in total. The molecule has 0 saturated heterocycles. The van der Waals surface area contributed by atoms with Gasteiger partial charge in [-0.1, -0.05) is 12.1 Å². The molecule has 1 aromatic rings. The van der Waals surface area contributed by atoms with Crippen LogP contribution in [-0.4, -0.2) is 5.11 Å². The van der Waals surface area contributed by atoms with E-state index < -0.39 is 0 Å². The zero-order valence-corrected chi connectivity index (χ0v) is 6.69. The molecule has 0 aromatic heterocycles. The van der Waals surface area contributed by atoms with Crippen LogP contribution in [0.5, 0.6) is 0 Å². The third kappa shape index (κ3) is 1.40. The van der Waals surface area contributed by atoms with Crippen molar-refractivity contribution in [3.63, 3.8) is 0 Å². The van der Waals surface area contributed by atoms with E-state index in [1.807, 2.05) is 0 Å². The summed E-state index contributed by atoms with van der Waals surface area (Å²) in [6, 6.07) is 3.42. The van der Waals surface area contributed by atoms with E-state index in [0.717, 1.165) is 0 Å². The van der Waals surface area contributed by atoms with Gasteiger partial charge >= 0.3 is 0 Å². The molecule has 0 atom stereocenters. The zero-order valence-electron chi connectivity index (χ0n) is 6.69. The maximum Gasteiger partial charge on any atom is 0.129 e. The van der Waals surface area contributed by atoms with Crippen molar-refractivity contribution in [3.8, 4) is 0 Å². The first-order valence-corrected chi connectivity index (χ1v) is 3.52. The molecule has 0 aliphatic carbocycles. The van der Waals surface area contributed by atoms with Gasteiger partial charge in [-0.05, 0) is 30.5 Å². The average molecular weight is 154 g/mol. The summed E-state index contributed by atoms with van der Waals surface area (Å²) in [5, 5.41) is 8.77. The van der Waals surface area contributed by atoms with E-state index in [4.69, 9.17) is 5.11 Å². The Labute approximate surface area is 65.5 Å². The molecule has 0 fully saturated rings. The third-order valence-electron chi connectivity index (χ3n) is 1.86. The van der Waals surface area contributed by atoms with Crippen LogP contribution in [0.3, 0.4) is 0 Å². The Bertz CT molecular complexity index is 269. The third-order valence-corrected chi connectivity index (χ3v) is 1.86. The van der Waals surface area contributed by atoms with E-state index in [9.17, 15) is 4.39 Å². The highest BCUT2D eigenvalue weighted by Crippen LogP contribution is 2.15. The predicted molar refractivity (Wildman–Crippen MR) is 41.8 cm³/mol. The number of hydrogen-bond acceptors (Lipinski definition) is 1. The van der Waals surface area contributed by atoms with Crippen LogP contribution in [0.15, 0.2) is 12.1 Å². The van der Waals surface area contributed by atoms with Crippen LogP contribution in [0.1, 0.15) is 16.7 Å². The normalized spacial score (nSPS) is 10.2. The highest BCUT2D eigenvalue weighted by atomic mass is 19.1. The molecule has 0 saturated carbocycles. The summed E-state index contributed by atoms with van der Waals surface area (Å²) in [6.07, 6.45) is 0. The zero-order chi connectivity index (χ0) is 8.43. The summed E-state index contributed by atoms with van der Waals surface area (Å²) >= 11 is 0. The lowest BCUT2D eigenvalue weighted by molar-refractivity contribution is 0.280. The molecule has 1 aromatic carbocycles. The Morgan fingerprint density at radius 2 is 2.00 bits per heavy atom. The Balaban J connectivity index is 3.25. The van der Waals surface area contributed by atoms with Gasteiger partial charge in [-0.3, -0.25) is 0 Å². The molecule has 60 valence electrons. The smallest absolute Gasteiger partial charge is 0.129 e. The maximum atomic E-state index is 13.1. The van der Waals surface area contributed by atoms with E-state index in [0.29, 0.717) is 16.7 Å². The first-order chi connectivity index (χ1) is 5.16. The minimum Gasteiger partial charge on any atom is -0.392 e. The second kappa shape index (κ2) is 3.01. The van der Waals surface area contributed by atoms with Crippen LogP contribution in [0.25, 0.3) is 0 Å². The summed E-state index contributed by atoms with van der Waals surface area (Å²) in [4.78, 5) is 0. The van der Waals surface area contributed by atoms with E-state index in [2.05, 4.69) is 0 Å². The van der Waals surface area contributed by atoms with Crippen LogP contribution in [0.4, 0.5) is 4.39 Å². The lowest BCUT2D eigenvalue weighted by Gasteiger charge is -2.04. The Hall–Kier alpha value is -0.890. The monoisotopic (exact) mass is 154 g/mol. The van der Waals surface area contributed by atoms with Gasteiger partial charge in [0, 0.05) is 0 Å². The van der Waals surface area contributed by atoms with E-state index in [1.54, 1.807) is 26.0 Å². The number of aliphatic hydroxyl groups excluding tert-OH is 1. The number of aliphatic hydroxyl groups is 1. The largest absolute Gasteiger partial charge is 0.392 e. The molecular formula is C9H11FO. The number of hydrogen-bond donors (Lipinski definition) is 1. The average Bonchev–Trinajstić information content (AvgIpc) is 2.01. The van der Waals surface area contributed by atoms with Crippen molar-refractivity contribution in [2.75, 3.05) is 0 Å². The number of rotatable bonds is 1. The molecule has 0 radical (unpaired) electrons. The summed E-state index contributed by atoms with van der Waals surface area (Å²) in [5.41, 5.74) is 1.83. The summed E-state index contributed by atoms with van der Waals surface area (Å²) < 4.78 is 13.1. The van der Waals surface area contributed by atoms with Crippen LogP contribution >= 0.6 is 0 Å². The van der Waals surface area contributed by atoms with Gasteiger partial charge < -0.3 is 5.11 Å². The van der Waals surface area contributed by atoms with Crippen molar-refractivity contribution in [1.82, 2.24) is 0 Å². The fourth-order valence-corrected chi connectivity index (χ4v) is 1.03. The Morgan fingerprint density at radius 1 is 1.36 bits per heavy atom. The van der Waals surface area contributed by atoms with Gasteiger partial charge in [0.05, 0.1) is 6.61 Å². The highest BCUT2D eigenvalue weighted by Gasteiger charge is 2.04. The Kier molecular flexibility index (Phi) is 2.25. The number of benzene rings is 1. The van der Waals surface area contributed by atoms with Crippen molar-refractivity contribution in [1.29, 1.82) is 0 Å². The predicted octanol–water partition coefficient (Wildman–Crippen LogP) is 1.93. The number of aryl methyl sites for hydroxylation is 1. The molecule has 0 amide bonds. The molecule has 0 unspecified atom stereocenters. The van der Waals surface area contributed by atoms with Crippen LogP contribution < -0.4 is 0 Å². The highest BCUT2D eigenvalue weighted by molar-refractivity contribution is 5.31. The summed E-state index contributed by atoms with van der Waals surface area (Å²) in [5.74, 6) is -0.212. The number of halogens is 1. The fraction of sp³-hybridized carbons (Fsp3) is 0.333. The van der Waals surface area contributed by atoms with Gasteiger partial charge in [-0.15, -0.1) is 0 Å². The van der Waals surface area contributed by atoms with Gasteiger partial charge in [0.1, 0.15) is 5.82 Å². The van der Waals surface area contributed by atoms with Crippen molar-refractivity contribution in [3.05, 3.63) is 34.6 Å². The second-order valence-corrected chi connectivity index (χ2v) is 2.64. The molecular weight excluding hydrogens is 143 g/mol. The summed E-state index contributed by atoms with van der Waals surface area (Å²) in [6.45, 7) is 3.29. The first-order valence-electron chi connectivity index (χ1n) is 3.52. The molecule has 0 bridgehead atoms. The van der Waals surface area contributed by atoms with Gasteiger partial charge in [0.25, 0.3) is 0 Å². The van der Waals surface area contributed by atoms with Gasteiger partial charge in [-0.25, -0.2) is 4.39 Å².